The second kappa shape index (κ2) is 4.78. The van der Waals surface area contributed by atoms with Crippen LogP contribution >= 0.6 is 0 Å². The molecule has 0 saturated carbocycles. The number of aliphatic carboxylic acids is 1. The Bertz CT molecular complexity index is 520. The number of aromatic nitrogens is 3. The average Bonchev–Trinajstić information content (AvgIpc) is 2.69. The molecule has 0 atom stereocenters. The number of hydrogen-bond donors (Lipinski definition) is 1. The molecule has 0 fully saturated rings. The molecule has 0 aliphatic rings. The minimum Gasteiger partial charge on any atom is -0.481 e. The van der Waals surface area contributed by atoms with Gasteiger partial charge in [-0.05, 0) is 6.07 Å². The van der Waals surface area contributed by atoms with Crippen molar-refractivity contribution < 1.29 is 9.90 Å². The number of carboxylic acid groups (broad SMARTS) is 1. The van der Waals surface area contributed by atoms with E-state index < -0.39 is 5.97 Å². The zero-order chi connectivity index (χ0) is 12.3. The van der Waals surface area contributed by atoms with Gasteiger partial charge in [0.25, 0.3) is 0 Å². The Morgan fingerprint density at radius 2 is 2.35 bits per heavy atom. The van der Waals surface area contributed by atoms with Crippen molar-refractivity contribution in [1.29, 1.82) is 0 Å². The summed E-state index contributed by atoms with van der Waals surface area (Å²) >= 11 is 0. The van der Waals surface area contributed by atoms with Gasteiger partial charge in [0.1, 0.15) is 0 Å². The highest BCUT2D eigenvalue weighted by atomic mass is 16.4. The van der Waals surface area contributed by atoms with Gasteiger partial charge in [0.15, 0.2) is 0 Å². The Kier molecular flexibility index (Phi) is 3.18. The molecule has 1 N–H and O–H groups in total. The highest BCUT2D eigenvalue weighted by molar-refractivity contribution is 5.69. The predicted molar refractivity (Wildman–Crippen MR) is 62.4 cm³/mol. The lowest BCUT2D eigenvalue weighted by atomic mass is 10.1. The molecule has 2 aromatic rings. The van der Waals surface area contributed by atoms with Gasteiger partial charge < -0.3 is 5.11 Å². The molecule has 0 unspecified atom stereocenters. The first-order valence-electron chi connectivity index (χ1n) is 5.31. The van der Waals surface area contributed by atoms with Gasteiger partial charge in [0.05, 0.1) is 12.1 Å². The van der Waals surface area contributed by atoms with Crippen molar-refractivity contribution in [1.82, 2.24) is 14.8 Å². The van der Waals surface area contributed by atoms with Crippen molar-refractivity contribution in [3.05, 3.63) is 36.4 Å². The van der Waals surface area contributed by atoms with Gasteiger partial charge in [-0.2, -0.15) is 5.10 Å². The average molecular weight is 231 g/mol. The lowest BCUT2D eigenvalue weighted by Gasteiger charge is -1.99. The van der Waals surface area contributed by atoms with E-state index in [4.69, 9.17) is 5.11 Å². The third-order valence-electron chi connectivity index (χ3n) is 2.45. The molecular weight excluding hydrogens is 218 g/mol. The van der Waals surface area contributed by atoms with Crippen molar-refractivity contribution in [2.24, 2.45) is 7.05 Å². The van der Waals surface area contributed by atoms with Gasteiger partial charge in [-0.3, -0.25) is 14.5 Å². The van der Waals surface area contributed by atoms with Crippen molar-refractivity contribution in [2.75, 3.05) is 0 Å². The van der Waals surface area contributed by atoms with E-state index in [0.29, 0.717) is 6.42 Å². The summed E-state index contributed by atoms with van der Waals surface area (Å²) in [5.74, 6) is -0.812. The molecule has 0 saturated heterocycles. The Morgan fingerprint density at radius 1 is 1.53 bits per heavy atom. The Balaban J connectivity index is 2.31. The van der Waals surface area contributed by atoms with Crippen LogP contribution in [0.2, 0.25) is 0 Å². The fraction of sp³-hybridized carbons (Fsp3) is 0.250. The molecule has 2 aromatic heterocycles. The molecule has 0 bridgehead atoms. The van der Waals surface area contributed by atoms with Gasteiger partial charge in [-0.25, -0.2) is 0 Å². The fourth-order valence-corrected chi connectivity index (χ4v) is 1.71. The topological polar surface area (TPSA) is 68.0 Å². The summed E-state index contributed by atoms with van der Waals surface area (Å²) in [6.07, 6.45) is 5.86. The summed E-state index contributed by atoms with van der Waals surface area (Å²) < 4.78 is 1.69. The fourth-order valence-electron chi connectivity index (χ4n) is 1.71. The lowest BCUT2D eigenvalue weighted by Crippen LogP contribution is -1.99. The van der Waals surface area contributed by atoms with E-state index in [0.717, 1.165) is 16.8 Å². The monoisotopic (exact) mass is 231 g/mol. The zero-order valence-corrected chi connectivity index (χ0v) is 9.50. The maximum Gasteiger partial charge on any atom is 0.303 e. The van der Waals surface area contributed by atoms with Crippen molar-refractivity contribution >= 4 is 5.97 Å². The van der Waals surface area contributed by atoms with E-state index >= 15 is 0 Å². The van der Waals surface area contributed by atoms with Crippen LogP contribution in [-0.4, -0.2) is 25.8 Å². The number of carboxylic acids is 1. The number of aryl methyl sites for hydroxylation is 2. The lowest BCUT2D eigenvalue weighted by molar-refractivity contribution is -0.136. The van der Waals surface area contributed by atoms with Crippen LogP contribution in [0.3, 0.4) is 0 Å². The van der Waals surface area contributed by atoms with Crippen LogP contribution in [0.4, 0.5) is 0 Å². The molecule has 2 rings (SSSR count). The van der Waals surface area contributed by atoms with E-state index in [-0.39, 0.29) is 6.42 Å². The summed E-state index contributed by atoms with van der Waals surface area (Å²) in [5, 5.41) is 13.0. The second-order valence-electron chi connectivity index (χ2n) is 3.80. The summed E-state index contributed by atoms with van der Waals surface area (Å²) in [7, 11) is 1.82. The van der Waals surface area contributed by atoms with E-state index in [2.05, 4.69) is 10.1 Å². The Morgan fingerprint density at radius 3 is 3.00 bits per heavy atom. The largest absolute Gasteiger partial charge is 0.481 e. The predicted octanol–water partition coefficient (Wildman–Crippen LogP) is 1.50. The van der Waals surface area contributed by atoms with Crippen LogP contribution < -0.4 is 0 Å². The minimum absolute atomic E-state index is 0.0876. The molecule has 0 radical (unpaired) electrons. The Hall–Kier alpha value is -2.17. The quantitative estimate of drug-likeness (QED) is 0.865. The molecule has 0 aromatic carbocycles. The maximum absolute atomic E-state index is 10.6. The summed E-state index contributed by atoms with van der Waals surface area (Å²) in [6, 6.07) is 3.79. The van der Waals surface area contributed by atoms with Crippen LogP contribution in [0, 0.1) is 0 Å². The van der Waals surface area contributed by atoms with E-state index in [9.17, 15) is 4.79 Å². The number of nitrogens with zero attached hydrogens (tertiary/aromatic N) is 3. The van der Waals surface area contributed by atoms with E-state index in [1.807, 2.05) is 25.4 Å². The van der Waals surface area contributed by atoms with Gasteiger partial charge in [-0.1, -0.05) is 6.07 Å². The van der Waals surface area contributed by atoms with E-state index in [1.165, 1.54) is 0 Å². The third kappa shape index (κ3) is 2.69. The first kappa shape index (κ1) is 11.3. The molecule has 2 heterocycles. The molecule has 0 spiro atoms. The SMILES string of the molecule is Cn1cc(-c2cccnc2)c(CCC(=O)O)n1. The smallest absolute Gasteiger partial charge is 0.303 e. The number of rotatable bonds is 4. The van der Waals surface area contributed by atoms with Crippen LogP contribution in [0.15, 0.2) is 30.7 Å². The van der Waals surface area contributed by atoms with Crippen LogP contribution in [0.1, 0.15) is 12.1 Å². The molecule has 17 heavy (non-hydrogen) atoms. The summed E-state index contributed by atoms with van der Waals surface area (Å²) in [5.41, 5.74) is 2.70. The molecule has 0 aliphatic carbocycles. The van der Waals surface area contributed by atoms with Gasteiger partial charge in [0.2, 0.25) is 0 Å². The molecular formula is C12H13N3O2. The minimum atomic E-state index is -0.812. The van der Waals surface area contributed by atoms with Gasteiger partial charge >= 0.3 is 5.97 Å². The van der Waals surface area contributed by atoms with Crippen LogP contribution in [0.25, 0.3) is 11.1 Å². The van der Waals surface area contributed by atoms with E-state index in [1.54, 1.807) is 17.1 Å². The number of pyridine rings is 1. The highest BCUT2D eigenvalue weighted by Gasteiger charge is 2.11. The summed E-state index contributed by atoms with van der Waals surface area (Å²) in [4.78, 5) is 14.6. The highest BCUT2D eigenvalue weighted by Crippen LogP contribution is 2.22. The summed E-state index contributed by atoms with van der Waals surface area (Å²) in [6.45, 7) is 0. The zero-order valence-electron chi connectivity index (χ0n) is 9.50. The number of hydrogen-bond acceptors (Lipinski definition) is 3. The first-order valence-corrected chi connectivity index (χ1v) is 5.31. The van der Waals surface area contributed by atoms with Crippen molar-refractivity contribution in [3.8, 4) is 11.1 Å². The number of carbonyl (C=O) groups is 1. The molecule has 0 aliphatic heterocycles. The van der Waals surface area contributed by atoms with Crippen molar-refractivity contribution in [3.63, 3.8) is 0 Å². The molecule has 5 heteroatoms. The van der Waals surface area contributed by atoms with Crippen LogP contribution in [0.5, 0.6) is 0 Å². The van der Waals surface area contributed by atoms with Gasteiger partial charge in [-0.15, -0.1) is 0 Å². The maximum atomic E-state index is 10.6. The first-order chi connectivity index (χ1) is 8.16. The molecule has 5 nitrogen and oxygen atoms in total. The third-order valence-corrected chi connectivity index (χ3v) is 2.45. The second-order valence-corrected chi connectivity index (χ2v) is 3.80. The Labute approximate surface area is 98.7 Å². The normalized spacial score (nSPS) is 10.4. The molecule has 88 valence electrons. The van der Waals surface area contributed by atoms with Gasteiger partial charge in [0, 0.05) is 43.2 Å². The molecule has 0 amide bonds. The standard InChI is InChI=1S/C12H13N3O2/c1-15-8-10(9-3-2-6-13-7-9)11(14-15)4-5-12(16)17/h2-3,6-8H,4-5H2,1H3,(H,16,17). The van der Waals surface area contributed by atoms with Crippen LogP contribution in [-0.2, 0) is 18.3 Å². The van der Waals surface area contributed by atoms with Crippen molar-refractivity contribution in [2.45, 2.75) is 12.8 Å².